The summed E-state index contributed by atoms with van der Waals surface area (Å²) in [4.78, 5) is 21.7. The van der Waals surface area contributed by atoms with Crippen LogP contribution in [0.4, 0.5) is 5.69 Å². The van der Waals surface area contributed by atoms with Crippen LogP contribution in [0.3, 0.4) is 0 Å². The molecule has 8 nitrogen and oxygen atoms in total. The summed E-state index contributed by atoms with van der Waals surface area (Å²) in [6.45, 7) is 0. The van der Waals surface area contributed by atoms with Crippen molar-refractivity contribution in [3.8, 4) is 5.69 Å². The standard InChI is InChI=1S/C19H20N4O4S2/c1-22(27-2)29(25,26)17-9-7-15(8-10-17)21-18(24)14-5-4-6-16(13-14)23-12-11-20-19(23)28-3/h4-13H,1-3H3,(H,21,24). The summed E-state index contributed by atoms with van der Waals surface area (Å²) in [5, 5.41) is 3.59. The number of imidazole rings is 1. The first-order valence-corrected chi connectivity index (χ1v) is 11.2. The summed E-state index contributed by atoms with van der Waals surface area (Å²) in [6.07, 6.45) is 5.47. The highest BCUT2D eigenvalue weighted by Crippen LogP contribution is 2.21. The topological polar surface area (TPSA) is 93.5 Å². The van der Waals surface area contributed by atoms with Gasteiger partial charge in [-0.1, -0.05) is 22.3 Å². The summed E-state index contributed by atoms with van der Waals surface area (Å²) < 4.78 is 27.1. The van der Waals surface area contributed by atoms with Gasteiger partial charge in [-0.05, 0) is 48.7 Å². The lowest BCUT2D eigenvalue weighted by atomic mass is 10.2. The molecule has 29 heavy (non-hydrogen) atoms. The molecule has 3 aromatic rings. The first kappa shape index (κ1) is 21.1. The minimum absolute atomic E-state index is 0.0616. The third-order valence-electron chi connectivity index (χ3n) is 4.18. The van der Waals surface area contributed by atoms with Gasteiger partial charge in [0.2, 0.25) is 0 Å². The summed E-state index contributed by atoms with van der Waals surface area (Å²) >= 11 is 1.51. The monoisotopic (exact) mass is 432 g/mol. The Kier molecular flexibility index (Phi) is 6.38. The third kappa shape index (κ3) is 4.51. The van der Waals surface area contributed by atoms with E-state index >= 15 is 0 Å². The fourth-order valence-electron chi connectivity index (χ4n) is 2.59. The van der Waals surface area contributed by atoms with Gasteiger partial charge in [-0.25, -0.2) is 13.4 Å². The summed E-state index contributed by atoms with van der Waals surface area (Å²) in [7, 11) is -1.16. The van der Waals surface area contributed by atoms with Crippen LogP contribution in [0, 0.1) is 0 Å². The molecule has 0 aliphatic carbocycles. The van der Waals surface area contributed by atoms with Crippen molar-refractivity contribution in [1.82, 2.24) is 14.0 Å². The summed E-state index contributed by atoms with van der Waals surface area (Å²) in [5.74, 6) is -0.303. The van der Waals surface area contributed by atoms with Gasteiger partial charge >= 0.3 is 0 Å². The number of hydrogen-bond donors (Lipinski definition) is 1. The average Bonchev–Trinajstić information content (AvgIpc) is 3.22. The van der Waals surface area contributed by atoms with Gasteiger partial charge in [-0.15, -0.1) is 0 Å². The lowest BCUT2D eigenvalue weighted by molar-refractivity contribution is -0.0258. The molecule has 0 aliphatic rings. The first-order chi connectivity index (χ1) is 13.9. The number of nitrogens with zero attached hydrogens (tertiary/aromatic N) is 3. The smallest absolute Gasteiger partial charge is 0.264 e. The van der Waals surface area contributed by atoms with Crippen LogP contribution in [0.1, 0.15) is 10.4 Å². The maximum Gasteiger partial charge on any atom is 0.264 e. The fourth-order valence-corrected chi connectivity index (χ4v) is 4.10. The van der Waals surface area contributed by atoms with E-state index in [1.54, 1.807) is 24.4 Å². The first-order valence-electron chi connectivity index (χ1n) is 8.49. The van der Waals surface area contributed by atoms with Gasteiger partial charge < -0.3 is 5.32 Å². The second-order valence-corrected chi connectivity index (χ2v) is 8.62. The van der Waals surface area contributed by atoms with Gasteiger partial charge in [-0.3, -0.25) is 14.2 Å². The van der Waals surface area contributed by atoms with Crippen molar-refractivity contribution >= 4 is 33.4 Å². The van der Waals surface area contributed by atoms with Crippen LogP contribution in [-0.2, 0) is 14.9 Å². The van der Waals surface area contributed by atoms with Crippen molar-refractivity contribution in [2.24, 2.45) is 0 Å². The molecule has 0 bridgehead atoms. The number of anilines is 1. The van der Waals surface area contributed by atoms with E-state index in [0.29, 0.717) is 11.3 Å². The van der Waals surface area contributed by atoms with E-state index in [1.807, 2.05) is 23.1 Å². The lowest BCUT2D eigenvalue weighted by Gasteiger charge is -2.14. The Morgan fingerprint density at radius 2 is 1.93 bits per heavy atom. The van der Waals surface area contributed by atoms with E-state index in [1.165, 1.54) is 50.2 Å². The minimum atomic E-state index is -3.74. The van der Waals surface area contributed by atoms with Gasteiger partial charge in [0, 0.05) is 36.4 Å². The quantitative estimate of drug-likeness (QED) is 0.456. The number of thioether (sulfide) groups is 1. The van der Waals surface area contributed by atoms with E-state index in [2.05, 4.69) is 10.3 Å². The maximum absolute atomic E-state index is 12.6. The number of aromatic nitrogens is 2. The normalized spacial score (nSPS) is 11.6. The molecule has 1 amide bonds. The Labute approximate surface area is 173 Å². The maximum atomic E-state index is 12.6. The molecular weight excluding hydrogens is 412 g/mol. The van der Waals surface area contributed by atoms with Gasteiger partial charge in [0.15, 0.2) is 5.16 Å². The second kappa shape index (κ2) is 8.78. The van der Waals surface area contributed by atoms with E-state index in [0.717, 1.165) is 15.3 Å². The highest BCUT2D eigenvalue weighted by Gasteiger charge is 2.20. The Bertz CT molecular complexity index is 1110. The molecule has 0 fully saturated rings. The zero-order valence-electron chi connectivity index (χ0n) is 16.1. The van der Waals surface area contributed by atoms with Gasteiger partial charge in [0.05, 0.1) is 12.0 Å². The number of nitrogens with one attached hydrogen (secondary N) is 1. The Morgan fingerprint density at radius 3 is 2.59 bits per heavy atom. The molecule has 0 unspecified atom stereocenters. The lowest BCUT2D eigenvalue weighted by Crippen LogP contribution is -2.25. The zero-order chi connectivity index (χ0) is 21.0. The molecule has 0 radical (unpaired) electrons. The van der Waals surface area contributed by atoms with Crippen LogP contribution in [0.15, 0.2) is 71.0 Å². The van der Waals surface area contributed by atoms with Crippen molar-refractivity contribution < 1.29 is 18.0 Å². The predicted molar refractivity (Wildman–Crippen MR) is 112 cm³/mol. The van der Waals surface area contributed by atoms with Crippen molar-refractivity contribution in [1.29, 1.82) is 0 Å². The molecule has 0 atom stereocenters. The molecular formula is C19H20N4O4S2. The number of hydroxylamine groups is 1. The number of amides is 1. The third-order valence-corrected chi connectivity index (χ3v) is 6.54. The molecule has 3 rings (SSSR count). The fraction of sp³-hybridized carbons (Fsp3) is 0.158. The van der Waals surface area contributed by atoms with Crippen LogP contribution in [0.2, 0.25) is 0 Å². The van der Waals surface area contributed by atoms with Gasteiger partial charge in [0.1, 0.15) is 0 Å². The number of rotatable bonds is 7. The Morgan fingerprint density at radius 1 is 1.21 bits per heavy atom. The van der Waals surface area contributed by atoms with Gasteiger partial charge in [-0.2, -0.15) is 0 Å². The molecule has 0 saturated heterocycles. The Balaban J connectivity index is 1.78. The minimum Gasteiger partial charge on any atom is -0.322 e. The van der Waals surface area contributed by atoms with Crippen LogP contribution in [0.25, 0.3) is 5.69 Å². The molecule has 2 aromatic carbocycles. The number of hydrogen-bond acceptors (Lipinski definition) is 6. The summed E-state index contributed by atoms with van der Waals surface area (Å²) in [6, 6.07) is 13.0. The predicted octanol–water partition coefficient (Wildman–Crippen LogP) is 3.03. The van der Waals surface area contributed by atoms with Crippen molar-refractivity contribution in [2.45, 2.75) is 10.1 Å². The van der Waals surface area contributed by atoms with Crippen LogP contribution in [0.5, 0.6) is 0 Å². The zero-order valence-corrected chi connectivity index (χ0v) is 17.7. The van der Waals surface area contributed by atoms with Crippen molar-refractivity contribution in [2.75, 3.05) is 25.7 Å². The van der Waals surface area contributed by atoms with E-state index in [9.17, 15) is 13.2 Å². The second-order valence-electron chi connectivity index (χ2n) is 5.91. The molecule has 1 aromatic heterocycles. The molecule has 0 saturated carbocycles. The number of sulfonamides is 1. The number of carbonyl (C=O) groups is 1. The molecule has 1 heterocycles. The highest BCUT2D eigenvalue weighted by molar-refractivity contribution is 7.98. The van der Waals surface area contributed by atoms with E-state index in [-0.39, 0.29) is 10.8 Å². The highest BCUT2D eigenvalue weighted by atomic mass is 32.2. The van der Waals surface area contributed by atoms with Crippen molar-refractivity contribution in [3.05, 3.63) is 66.5 Å². The number of benzene rings is 2. The largest absolute Gasteiger partial charge is 0.322 e. The van der Waals surface area contributed by atoms with Crippen LogP contribution < -0.4 is 5.32 Å². The molecule has 1 N–H and O–H groups in total. The van der Waals surface area contributed by atoms with Crippen molar-refractivity contribution in [3.63, 3.8) is 0 Å². The average molecular weight is 433 g/mol. The van der Waals surface area contributed by atoms with Crippen LogP contribution in [-0.4, -0.2) is 48.8 Å². The van der Waals surface area contributed by atoms with Gasteiger partial charge in [0.25, 0.3) is 15.9 Å². The molecule has 0 aliphatic heterocycles. The molecule has 152 valence electrons. The Hall–Kier alpha value is -2.66. The van der Waals surface area contributed by atoms with E-state index in [4.69, 9.17) is 4.84 Å². The SMILES string of the molecule is CON(C)S(=O)(=O)c1ccc(NC(=O)c2cccc(-n3ccnc3SC)c2)cc1. The summed E-state index contributed by atoms with van der Waals surface area (Å²) in [5.41, 5.74) is 1.77. The van der Waals surface area contributed by atoms with E-state index < -0.39 is 10.0 Å². The molecule has 0 spiro atoms. The molecule has 10 heteroatoms. The van der Waals surface area contributed by atoms with Crippen LogP contribution >= 0.6 is 11.8 Å². The number of carbonyl (C=O) groups excluding carboxylic acids is 1.